The maximum Gasteiger partial charge on any atom is 0.390 e. The third-order valence-corrected chi connectivity index (χ3v) is 2.88. The Morgan fingerprint density at radius 1 is 1.24 bits per heavy atom. The van der Waals surface area contributed by atoms with E-state index < -0.39 is 19.2 Å². The van der Waals surface area contributed by atoms with Crippen molar-refractivity contribution in [1.82, 2.24) is 10.6 Å². The molecule has 0 spiro atoms. The van der Waals surface area contributed by atoms with Gasteiger partial charge in [0.25, 0.3) is 0 Å². The van der Waals surface area contributed by atoms with Crippen molar-refractivity contribution in [2.24, 2.45) is 4.99 Å². The number of rotatable bonds is 7. The molecular formula is C15H21F5IN3O. The second-order valence-electron chi connectivity index (χ2n) is 4.98. The number of ether oxygens (including phenoxy) is 1. The molecule has 0 radical (unpaired) electrons. The largest absolute Gasteiger partial charge is 0.434 e. The van der Waals surface area contributed by atoms with E-state index in [0.717, 1.165) is 5.56 Å². The molecule has 0 saturated heterocycles. The molecule has 0 unspecified atom stereocenters. The molecule has 10 heteroatoms. The topological polar surface area (TPSA) is 45.7 Å². The van der Waals surface area contributed by atoms with Crippen molar-refractivity contribution in [2.75, 3.05) is 13.1 Å². The Kier molecular flexibility index (Phi) is 10.7. The molecule has 0 aliphatic heterocycles. The van der Waals surface area contributed by atoms with Crippen LogP contribution in [0.1, 0.15) is 24.5 Å². The Balaban J connectivity index is 0.00000576. The average molecular weight is 481 g/mol. The fraction of sp³-hybridized carbons (Fsp3) is 0.533. The van der Waals surface area contributed by atoms with Crippen LogP contribution in [0.2, 0.25) is 0 Å². The van der Waals surface area contributed by atoms with Gasteiger partial charge in [0, 0.05) is 18.7 Å². The van der Waals surface area contributed by atoms with Gasteiger partial charge in [-0.3, -0.25) is 0 Å². The fourth-order valence-electron chi connectivity index (χ4n) is 1.87. The van der Waals surface area contributed by atoms with E-state index in [-0.39, 0.29) is 48.8 Å². The van der Waals surface area contributed by atoms with E-state index in [9.17, 15) is 22.0 Å². The Morgan fingerprint density at radius 2 is 1.92 bits per heavy atom. The van der Waals surface area contributed by atoms with Gasteiger partial charge in [-0.25, -0.2) is 4.99 Å². The molecule has 0 aromatic heterocycles. The van der Waals surface area contributed by atoms with Gasteiger partial charge in [-0.1, -0.05) is 17.7 Å². The quantitative estimate of drug-likeness (QED) is 0.266. The van der Waals surface area contributed by atoms with E-state index >= 15 is 0 Å². The summed E-state index contributed by atoms with van der Waals surface area (Å²) in [6.45, 7) is 0.694. The molecule has 1 rings (SSSR count). The van der Waals surface area contributed by atoms with Gasteiger partial charge in [-0.05, 0) is 19.9 Å². The molecule has 2 N–H and O–H groups in total. The molecule has 0 aliphatic rings. The Hall–Kier alpha value is -1.33. The van der Waals surface area contributed by atoms with E-state index in [1.54, 1.807) is 26.0 Å². The molecular weight excluding hydrogens is 460 g/mol. The predicted molar refractivity (Wildman–Crippen MR) is 96.7 cm³/mol. The molecule has 0 saturated carbocycles. The van der Waals surface area contributed by atoms with Gasteiger partial charge in [0.1, 0.15) is 5.75 Å². The van der Waals surface area contributed by atoms with Crippen molar-refractivity contribution in [1.29, 1.82) is 0 Å². The minimum Gasteiger partial charge on any atom is -0.434 e. The first-order valence-electron chi connectivity index (χ1n) is 7.34. The number of nitrogens with zero attached hydrogens (tertiary/aromatic N) is 1. The Bertz CT molecular complexity index is 552. The smallest absolute Gasteiger partial charge is 0.390 e. The van der Waals surface area contributed by atoms with Crippen LogP contribution >= 0.6 is 24.0 Å². The van der Waals surface area contributed by atoms with E-state index in [2.05, 4.69) is 20.4 Å². The molecule has 1 aromatic carbocycles. The Labute approximate surface area is 160 Å². The first-order valence-corrected chi connectivity index (χ1v) is 7.34. The lowest BCUT2D eigenvalue weighted by atomic mass is 10.1. The second kappa shape index (κ2) is 11.3. The van der Waals surface area contributed by atoms with Crippen LogP contribution in [0.15, 0.2) is 23.2 Å². The average Bonchev–Trinajstić information content (AvgIpc) is 2.45. The molecule has 144 valence electrons. The summed E-state index contributed by atoms with van der Waals surface area (Å²) in [5, 5.41) is 5.35. The molecule has 0 atom stereocenters. The third kappa shape index (κ3) is 10.3. The van der Waals surface area contributed by atoms with Crippen LogP contribution in [0.25, 0.3) is 0 Å². The molecule has 25 heavy (non-hydrogen) atoms. The number of hydrogen-bond donors (Lipinski definition) is 2. The van der Waals surface area contributed by atoms with Crippen LogP contribution in [0.4, 0.5) is 22.0 Å². The van der Waals surface area contributed by atoms with Gasteiger partial charge in [-0.15, -0.1) is 24.0 Å². The first kappa shape index (κ1) is 23.7. The monoisotopic (exact) mass is 481 g/mol. The summed E-state index contributed by atoms with van der Waals surface area (Å²) in [6.07, 6.45) is -5.26. The highest BCUT2D eigenvalue weighted by atomic mass is 127. The van der Waals surface area contributed by atoms with E-state index in [1.807, 2.05) is 0 Å². The number of aliphatic imine (C=N–C) groups is 1. The normalized spacial score (nSPS) is 11.9. The minimum atomic E-state index is -4.26. The Morgan fingerprint density at radius 3 is 2.48 bits per heavy atom. The number of aryl methyl sites for hydroxylation is 1. The maximum atomic E-state index is 12.4. The number of halogens is 6. The minimum absolute atomic E-state index is 0. The van der Waals surface area contributed by atoms with Gasteiger partial charge in [0.2, 0.25) is 0 Å². The number of benzene rings is 1. The first-order chi connectivity index (χ1) is 11.2. The van der Waals surface area contributed by atoms with Crippen LogP contribution in [-0.2, 0) is 6.54 Å². The van der Waals surface area contributed by atoms with Gasteiger partial charge in [0.05, 0.1) is 13.0 Å². The molecule has 0 fully saturated rings. The van der Waals surface area contributed by atoms with E-state index in [1.165, 1.54) is 6.07 Å². The summed E-state index contributed by atoms with van der Waals surface area (Å²) in [5.41, 5.74) is 1.25. The van der Waals surface area contributed by atoms with Crippen molar-refractivity contribution in [3.05, 3.63) is 29.3 Å². The zero-order valence-electron chi connectivity index (χ0n) is 13.8. The molecule has 0 heterocycles. The van der Waals surface area contributed by atoms with Crippen LogP contribution in [0.3, 0.4) is 0 Å². The van der Waals surface area contributed by atoms with Crippen molar-refractivity contribution in [3.8, 4) is 5.75 Å². The van der Waals surface area contributed by atoms with Crippen molar-refractivity contribution in [3.63, 3.8) is 0 Å². The maximum absolute atomic E-state index is 12.4. The molecule has 0 bridgehead atoms. The van der Waals surface area contributed by atoms with Gasteiger partial charge < -0.3 is 15.4 Å². The lowest BCUT2D eigenvalue weighted by molar-refractivity contribution is -0.132. The second-order valence-corrected chi connectivity index (χ2v) is 4.98. The molecule has 0 amide bonds. The third-order valence-electron chi connectivity index (χ3n) is 2.88. The summed E-state index contributed by atoms with van der Waals surface area (Å²) < 4.78 is 65.8. The van der Waals surface area contributed by atoms with Crippen molar-refractivity contribution >= 4 is 29.9 Å². The number of nitrogens with one attached hydrogen (secondary N) is 2. The fourth-order valence-corrected chi connectivity index (χ4v) is 1.87. The number of hydrogen-bond acceptors (Lipinski definition) is 2. The zero-order valence-corrected chi connectivity index (χ0v) is 16.1. The highest BCUT2D eigenvalue weighted by Gasteiger charge is 2.26. The van der Waals surface area contributed by atoms with Gasteiger partial charge >= 0.3 is 12.8 Å². The highest BCUT2D eigenvalue weighted by Crippen LogP contribution is 2.23. The zero-order chi connectivity index (χ0) is 18.2. The molecule has 4 nitrogen and oxygen atoms in total. The van der Waals surface area contributed by atoms with Gasteiger partial charge in [0.15, 0.2) is 5.96 Å². The van der Waals surface area contributed by atoms with Crippen molar-refractivity contribution < 1.29 is 26.7 Å². The van der Waals surface area contributed by atoms with Crippen LogP contribution in [0, 0.1) is 6.92 Å². The highest BCUT2D eigenvalue weighted by molar-refractivity contribution is 14.0. The summed E-state index contributed by atoms with van der Waals surface area (Å²) in [7, 11) is 0. The lowest BCUT2D eigenvalue weighted by Gasteiger charge is -2.14. The summed E-state index contributed by atoms with van der Waals surface area (Å²) >= 11 is 0. The van der Waals surface area contributed by atoms with Crippen LogP contribution in [0.5, 0.6) is 5.75 Å². The number of alkyl halides is 5. The van der Waals surface area contributed by atoms with Crippen LogP contribution in [-0.4, -0.2) is 31.8 Å². The van der Waals surface area contributed by atoms with E-state index in [0.29, 0.717) is 12.1 Å². The lowest BCUT2D eigenvalue weighted by Crippen LogP contribution is -2.38. The molecule has 0 aliphatic carbocycles. The van der Waals surface area contributed by atoms with E-state index in [4.69, 9.17) is 0 Å². The van der Waals surface area contributed by atoms with Crippen molar-refractivity contribution in [2.45, 2.75) is 39.6 Å². The summed E-state index contributed by atoms with van der Waals surface area (Å²) in [4.78, 5) is 4.11. The van der Waals surface area contributed by atoms with Crippen LogP contribution < -0.4 is 15.4 Å². The summed E-state index contributed by atoms with van der Waals surface area (Å²) in [6, 6.07) is 4.68. The predicted octanol–water partition coefficient (Wildman–Crippen LogP) is 4.22. The number of guanidine groups is 1. The summed E-state index contributed by atoms with van der Waals surface area (Å²) in [5.74, 6) is 0.164. The standard InChI is InChI=1S/C15H20F5N3O.HI/c1-3-21-14(22-7-6-15(18,19)20)23-9-11-8-10(2)4-5-12(11)24-13(16)17;/h4-5,8,13H,3,6-7,9H2,1-2H3,(H2,21,22,23);1H. The SMILES string of the molecule is CCNC(=NCc1cc(C)ccc1OC(F)F)NCCC(F)(F)F.I. The molecule has 1 aromatic rings. The van der Waals surface area contributed by atoms with Gasteiger partial charge in [-0.2, -0.15) is 22.0 Å².